The first kappa shape index (κ1) is 10.2. The normalized spacial score (nSPS) is 12.8. The molecule has 1 aromatic rings. The molecule has 0 aliphatic rings. The number of halogens is 1. The molecule has 0 spiro atoms. The van der Waals surface area contributed by atoms with Crippen LogP contribution in [0.1, 0.15) is 18.5 Å². The molecule has 72 valence electrons. The van der Waals surface area contributed by atoms with Crippen LogP contribution in [-0.4, -0.2) is 13.1 Å². The second-order valence-corrected chi connectivity index (χ2v) is 3.02. The van der Waals surface area contributed by atoms with Crippen molar-refractivity contribution < 1.29 is 4.39 Å². The number of benzene rings is 1. The molecule has 0 bridgehead atoms. The molecule has 3 heteroatoms. The predicted molar refractivity (Wildman–Crippen MR) is 51.9 cm³/mol. The molecular weight excluding hydrogens is 167 g/mol. The highest BCUT2D eigenvalue weighted by Crippen LogP contribution is 2.11. The summed E-state index contributed by atoms with van der Waals surface area (Å²) in [6.45, 7) is 3.42. The van der Waals surface area contributed by atoms with E-state index in [4.69, 9.17) is 5.73 Å². The van der Waals surface area contributed by atoms with Gasteiger partial charge < -0.3 is 11.1 Å². The lowest BCUT2D eigenvalue weighted by Gasteiger charge is -2.12. The molecule has 0 heterocycles. The summed E-state index contributed by atoms with van der Waals surface area (Å²) < 4.78 is 12.6. The smallest absolute Gasteiger partial charge is 0.123 e. The summed E-state index contributed by atoms with van der Waals surface area (Å²) in [6.07, 6.45) is 0. The van der Waals surface area contributed by atoms with Crippen molar-refractivity contribution in [1.29, 1.82) is 0 Å². The van der Waals surface area contributed by atoms with Crippen molar-refractivity contribution in [2.75, 3.05) is 13.1 Å². The second-order valence-electron chi connectivity index (χ2n) is 3.02. The average molecular weight is 182 g/mol. The van der Waals surface area contributed by atoms with Gasteiger partial charge in [0.15, 0.2) is 0 Å². The molecule has 2 nitrogen and oxygen atoms in total. The van der Waals surface area contributed by atoms with E-state index in [0.717, 1.165) is 12.1 Å². The van der Waals surface area contributed by atoms with Crippen LogP contribution < -0.4 is 11.1 Å². The molecule has 1 rings (SSSR count). The molecule has 1 aromatic carbocycles. The van der Waals surface area contributed by atoms with E-state index in [2.05, 4.69) is 5.32 Å². The Kier molecular flexibility index (Phi) is 3.86. The van der Waals surface area contributed by atoms with Crippen LogP contribution in [0.5, 0.6) is 0 Å². The predicted octanol–water partition coefficient (Wildman–Crippen LogP) is 1.44. The number of rotatable bonds is 4. The van der Waals surface area contributed by atoms with Gasteiger partial charge in [-0.15, -0.1) is 0 Å². The number of hydrogen-bond acceptors (Lipinski definition) is 2. The van der Waals surface area contributed by atoms with E-state index in [-0.39, 0.29) is 11.9 Å². The maximum atomic E-state index is 12.6. The lowest BCUT2D eigenvalue weighted by molar-refractivity contribution is 0.578. The fourth-order valence-corrected chi connectivity index (χ4v) is 1.17. The molecule has 3 N–H and O–H groups in total. The van der Waals surface area contributed by atoms with Gasteiger partial charge in [0.05, 0.1) is 0 Å². The zero-order valence-electron chi connectivity index (χ0n) is 7.76. The maximum absolute atomic E-state index is 12.6. The van der Waals surface area contributed by atoms with Crippen molar-refractivity contribution in [1.82, 2.24) is 5.32 Å². The van der Waals surface area contributed by atoms with E-state index in [9.17, 15) is 4.39 Å². The summed E-state index contributed by atoms with van der Waals surface area (Å²) in [6, 6.07) is 6.73. The van der Waals surface area contributed by atoms with Gasteiger partial charge in [0.25, 0.3) is 0 Å². The first-order chi connectivity index (χ1) is 6.24. The Balaban J connectivity index is 2.55. The molecule has 0 radical (unpaired) electrons. The van der Waals surface area contributed by atoms with Crippen LogP contribution in [-0.2, 0) is 0 Å². The van der Waals surface area contributed by atoms with Crippen LogP contribution in [0.15, 0.2) is 24.3 Å². The summed E-state index contributed by atoms with van der Waals surface area (Å²) >= 11 is 0. The van der Waals surface area contributed by atoms with Crippen molar-refractivity contribution in [3.8, 4) is 0 Å². The Morgan fingerprint density at radius 2 is 2.00 bits per heavy atom. The van der Waals surface area contributed by atoms with E-state index in [1.807, 2.05) is 6.92 Å². The minimum absolute atomic E-state index is 0.199. The zero-order chi connectivity index (χ0) is 9.68. The monoisotopic (exact) mass is 182 g/mol. The van der Waals surface area contributed by atoms with Gasteiger partial charge in [0.1, 0.15) is 5.82 Å². The Hall–Kier alpha value is -0.930. The third kappa shape index (κ3) is 3.13. The summed E-state index contributed by atoms with van der Waals surface area (Å²) in [7, 11) is 0. The lowest BCUT2D eigenvalue weighted by Crippen LogP contribution is -2.25. The fourth-order valence-electron chi connectivity index (χ4n) is 1.17. The third-order valence-corrected chi connectivity index (χ3v) is 1.96. The van der Waals surface area contributed by atoms with E-state index >= 15 is 0 Å². The molecule has 1 unspecified atom stereocenters. The van der Waals surface area contributed by atoms with Crippen LogP contribution in [0.4, 0.5) is 4.39 Å². The van der Waals surface area contributed by atoms with E-state index in [0.29, 0.717) is 6.54 Å². The second kappa shape index (κ2) is 4.94. The van der Waals surface area contributed by atoms with Crippen LogP contribution >= 0.6 is 0 Å². The molecule has 13 heavy (non-hydrogen) atoms. The summed E-state index contributed by atoms with van der Waals surface area (Å²) in [5.41, 5.74) is 6.44. The highest BCUT2D eigenvalue weighted by Gasteiger charge is 2.02. The van der Waals surface area contributed by atoms with Gasteiger partial charge in [0, 0.05) is 19.1 Å². The molecule has 0 aliphatic heterocycles. The Morgan fingerprint density at radius 3 is 2.54 bits per heavy atom. The standard InChI is InChI=1S/C10H15FN2/c1-8(13-7-6-12)9-2-4-10(11)5-3-9/h2-5,8,13H,6-7,12H2,1H3. The van der Waals surface area contributed by atoms with Crippen LogP contribution in [0.25, 0.3) is 0 Å². The van der Waals surface area contributed by atoms with Gasteiger partial charge in [0.2, 0.25) is 0 Å². The maximum Gasteiger partial charge on any atom is 0.123 e. The van der Waals surface area contributed by atoms with Gasteiger partial charge >= 0.3 is 0 Å². The molecule has 0 saturated heterocycles. The highest BCUT2D eigenvalue weighted by molar-refractivity contribution is 5.19. The van der Waals surface area contributed by atoms with Crippen LogP contribution in [0, 0.1) is 5.82 Å². The number of nitrogens with one attached hydrogen (secondary N) is 1. The van der Waals surface area contributed by atoms with Gasteiger partial charge in [-0.05, 0) is 24.6 Å². The van der Waals surface area contributed by atoms with E-state index in [1.165, 1.54) is 12.1 Å². The highest BCUT2D eigenvalue weighted by atomic mass is 19.1. The first-order valence-electron chi connectivity index (χ1n) is 4.43. The van der Waals surface area contributed by atoms with Gasteiger partial charge in [-0.3, -0.25) is 0 Å². The van der Waals surface area contributed by atoms with E-state index in [1.54, 1.807) is 12.1 Å². The third-order valence-electron chi connectivity index (χ3n) is 1.96. The summed E-state index contributed by atoms with van der Waals surface area (Å²) in [5, 5.41) is 3.22. The Bertz CT molecular complexity index is 246. The van der Waals surface area contributed by atoms with E-state index < -0.39 is 0 Å². The quantitative estimate of drug-likeness (QED) is 0.739. The Labute approximate surface area is 77.9 Å². The lowest BCUT2D eigenvalue weighted by atomic mass is 10.1. The van der Waals surface area contributed by atoms with Gasteiger partial charge in [-0.1, -0.05) is 12.1 Å². The van der Waals surface area contributed by atoms with Crippen molar-refractivity contribution in [2.24, 2.45) is 5.73 Å². The molecular formula is C10H15FN2. The van der Waals surface area contributed by atoms with Crippen molar-refractivity contribution in [2.45, 2.75) is 13.0 Å². The molecule has 1 atom stereocenters. The molecule has 0 saturated carbocycles. The molecule has 0 aromatic heterocycles. The van der Waals surface area contributed by atoms with Crippen molar-refractivity contribution in [3.63, 3.8) is 0 Å². The van der Waals surface area contributed by atoms with Crippen molar-refractivity contribution >= 4 is 0 Å². The number of nitrogens with two attached hydrogens (primary N) is 1. The van der Waals surface area contributed by atoms with Crippen molar-refractivity contribution in [3.05, 3.63) is 35.6 Å². The zero-order valence-corrected chi connectivity index (χ0v) is 7.76. The van der Waals surface area contributed by atoms with Crippen LogP contribution in [0.2, 0.25) is 0 Å². The SMILES string of the molecule is CC(NCCN)c1ccc(F)cc1. The molecule has 0 aliphatic carbocycles. The molecule has 0 fully saturated rings. The largest absolute Gasteiger partial charge is 0.329 e. The molecule has 0 amide bonds. The van der Waals surface area contributed by atoms with Gasteiger partial charge in [-0.25, -0.2) is 4.39 Å². The first-order valence-corrected chi connectivity index (χ1v) is 4.43. The minimum Gasteiger partial charge on any atom is -0.329 e. The Morgan fingerprint density at radius 1 is 1.38 bits per heavy atom. The fraction of sp³-hybridized carbons (Fsp3) is 0.400. The summed E-state index contributed by atoms with van der Waals surface area (Å²) in [5.74, 6) is -0.199. The summed E-state index contributed by atoms with van der Waals surface area (Å²) in [4.78, 5) is 0. The van der Waals surface area contributed by atoms with Gasteiger partial charge in [-0.2, -0.15) is 0 Å². The number of hydrogen-bond donors (Lipinski definition) is 2. The minimum atomic E-state index is -0.199. The average Bonchev–Trinajstić information content (AvgIpc) is 2.15. The van der Waals surface area contributed by atoms with Crippen LogP contribution in [0.3, 0.4) is 0 Å². The topological polar surface area (TPSA) is 38.0 Å².